The third kappa shape index (κ3) is 2.77. The Morgan fingerprint density at radius 3 is 2.75 bits per heavy atom. The Hall–Kier alpha value is -1.46. The molecule has 0 amide bonds. The van der Waals surface area contributed by atoms with Gasteiger partial charge in [0.2, 0.25) is 12.4 Å². The molecule has 6 heteroatoms. The van der Waals surface area contributed by atoms with Gasteiger partial charge in [-0.3, -0.25) is 4.98 Å². The molecule has 1 N–H and O–H groups in total. The van der Waals surface area contributed by atoms with Crippen LogP contribution in [0, 0.1) is 0 Å². The molecule has 0 fully saturated rings. The van der Waals surface area contributed by atoms with Gasteiger partial charge in [-0.1, -0.05) is 13.3 Å². The van der Waals surface area contributed by atoms with Crippen molar-refractivity contribution in [1.29, 1.82) is 0 Å². The predicted molar refractivity (Wildman–Crippen MR) is 49.5 cm³/mol. The van der Waals surface area contributed by atoms with Crippen molar-refractivity contribution >= 4 is 5.97 Å². The third-order valence-electron chi connectivity index (χ3n) is 2.35. The molecular weight excluding hydrogens is 218 g/mol. The molecule has 1 aromatic rings. The van der Waals surface area contributed by atoms with Crippen molar-refractivity contribution in [3.8, 4) is 0 Å². The third-order valence-corrected chi connectivity index (χ3v) is 2.35. The Labute approximate surface area is 91.9 Å². The summed E-state index contributed by atoms with van der Waals surface area (Å²) in [5.41, 5.74) is 0. The number of carbonyl (C=O) groups is 1. The number of hydrogen-bond donors (Lipinski definition) is 1. The first-order valence-electron chi connectivity index (χ1n) is 5.11. The van der Waals surface area contributed by atoms with E-state index in [1.807, 2.05) is 0 Å². The zero-order chi connectivity index (χ0) is 12.2. The van der Waals surface area contributed by atoms with Gasteiger partial charge in [-0.05, 0) is 6.42 Å². The van der Waals surface area contributed by atoms with Crippen LogP contribution in [-0.2, 0) is 4.79 Å². The van der Waals surface area contributed by atoms with Gasteiger partial charge in [-0.2, -0.15) is 0 Å². The van der Waals surface area contributed by atoms with Crippen LogP contribution in [0.25, 0.3) is 0 Å². The summed E-state index contributed by atoms with van der Waals surface area (Å²) in [6.07, 6.45) is 4.22. The molecular formula is C10H14F2N2O2. The Morgan fingerprint density at radius 1 is 1.62 bits per heavy atom. The maximum absolute atomic E-state index is 13.6. The number of carboxylic acids is 1. The topological polar surface area (TPSA) is 59.8 Å². The number of nitrogens with zero attached hydrogens (tertiary/aromatic N) is 1. The molecule has 0 aromatic carbocycles. The van der Waals surface area contributed by atoms with Crippen molar-refractivity contribution in [2.75, 3.05) is 0 Å². The number of H-pyrrole nitrogens is 1. The highest BCUT2D eigenvalue weighted by Gasteiger charge is 2.44. The minimum Gasteiger partial charge on any atom is -0.545 e. The highest BCUT2D eigenvalue weighted by Crippen LogP contribution is 2.30. The van der Waals surface area contributed by atoms with Crippen molar-refractivity contribution in [1.82, 2.24) is 4.98 Å². The molecule has 0 saturated carbocycles. The number of carboxylic acid groups (broad SMARTS) is 1. The van der Waals surface area contributed by atoms with E-state index in [1.165, 1.54) is 18.7 Å². The minimum absolute atomic E-state index is 0.280. The number of hydrogen-bond acceptors (Lipinski definition) is 2. The van der Waals surface area contributed by atoms with Gasteiger partial charge in [0.05, 0.1) is 5.97 Å². The zero-order valence-electron chi connectivity index (χ0n) is 8.95. The van der Waals surface area contributed by atoms with Crippen LogP contribution in [0.2, 0.25) is 0 Å². The maximum atomic E-state index is 13.6. The fourth-order valence-electron chi connectivity index (χ4n) is 1.52. The molecule has 0 aliphatic carbocycles. The Morgan fingerprint density at radius 2 is 2.31 bits per heavy atom. The number of imidazole rings is 1. The summed E-state index contributed by atoms with van der Waals surface area (Å²) in [7, 11) is 0. The lowest BCUT2D eigenvalue weighted by molar-refractivity contribution is -0.731. The summed E-state index contributed by atoms with van der Waals surface area (Å²) in [5.74, 6) is -5.08. The summed E-state index contributed by atoms with van der Waals surface area (Å²) in [4.78, 5) is 13.3. The van der Waals surface area contributed by atoms with Crippen molar-refractivity contribution in [2.45, 2.75) is 38.2 Å². The van der Waals surface area contributed by atoms with Crippen LogP contribution in [0.5, 0.6) is 0 Å². The van der Waals surface area contributed by atoms with E-state index in [0.717, 1.165) is 4.57 Å². The monoisotopic (exact) mass is 232 g/mol. The Bertz CT molecular complexity index is 339. The number of aliphatic carboxylic acids is 1. The van der Waals surface area contributed by atoms with E-state index >= 15 is 0 Å². The first kappa shape index (κ1) is 12.6. The number of halogens is 2. The van der Waals surface area contributed by atoms with Crippen molar-refractivity contribution < 1.29 is 23.2 Å². The smallest absolute Gasteiger partial charge is 0.293 e. The van der Waals surface area contributed by atoms with Gasteiger partial charge in [0.15, 0.2) is 0 Å². The van der Waals surface area contributed by atoms with Gasteiger partial charge in [0.25, 0.3) is 5.92 Å². The molecule has 1 heterocycles. The van der Waals surface area contributed by atoms with E-state index in [0.29, 0.717) is 6.42 Å². The van der Waals surface area contributed by atoms with Crippen LogP contribution < -0.4 is 9.67 Å². The summed E-state index contributed by atoms with van der Waals surface area (Å²) in [5, 5.41) is 10.8. The van der Waals surface area contributed by atoms with Crippen molar-refractivity contribution in [2.24, 2.45) is 0 Å². The minimum atomic E-state index is -3.30. The van der Waals surface area contributed by atoms with Gasteiger partial charge in [0, 0.05) is 6.42 Å². The molecule has 0 spiro atoms. The molecule has 1 aromatic heterocycles. The zero-order valence-corrected chi connectivity index (χ0v) is 8.95. The van der Waals surface area contributed by atoms with Gasteiger partial charge >= 0.3 is 0 Å². The second kappa shape index (κ2) is 5.05. The molecule has 0 aliphatic rings. The molecule has 0 radical (unpaired) electrons. The number of rotatable bonds is 6. The SMILES string of the molecule is CCCCC(F)(F)C(C(=O)[O-])[n+]1cc[nH]c1. The average Bonchev–Trinajstić information content (AvgIpc) is 2.67. The lowest BCUT2D eigenvalue weighted by Gasteiger charge is -2.24. The summed E-state index contributed by atoms with van der Waals surface area (Å²) >= 11 is 0. The van der Waals surface area contributed by atoms with Gasteiger partial charge < -0.3 is 9.90 Å². The second-order valence-electron chi connectivity index (χ2n) is 3.64. The number of nitrogens with one attached hydrogen (secondary N) is 1. The quantitative estimate of drug-likeness (QED) is 0.722. The molecule has 90 valence electrons. The fourth-order valence-corrected chi connectivity index (χ4v) is 1.52. The molecule has 0 saturated heterocycles. The van der Waals surface area contributed by atoms with Crippen LogP contribution in [-0.4, -0.2) is 16.9 Å². The highest BCUT2D eigenvalue weighted by molar-refractivity contribution is 5.68. The lowest BCUT2D eigenvalue weighted by atomic mass is 10.0. The van der Waals surface area contributed by atoms with E-state index in [2.05, 4.69) is 4.98 Å². The maximum Gasteiger partial charge on any atom is 0.293 e. The normalized spacial score (nSPS) is 13.7. The molecule has 0 bridgehead atoms. The van der Waals surface area contributed by atoms with Crippen molar-refractivity contribution in [3.63, 3.8) is 0 Å². The first-order chi connectivity index (χ1) is 7.49. The number of alkyl halides is 2. The van der Waals surface area contributed by atoms with Crippen LogP contribution in [0.15, 0.2) is 18.7 Å². The predicted octanol–water partition coefficient (Wildman–Crippen LogP) is 0.419. The van der Waals surface area contributed by atoms with E-state index in [9.17, 15) is 18.7 Å². The van der Waals surface area contributed by atoms with E-state index in [4.69, 9.17) is 0 Å². The Balaban J connectivity index is 2.89. The van der Waals surface area contributed by atoms with Crippen molar-refractivity contribution in [3.05, 3.63) is 18.7 Å². The lowest BCUT2D eigenvalue weighted by Crippen LogP contribution is -2.56. The van der Waals surface area contributed by atoms with Gasteiger partial charge in [-0.25, -0.2) is 13.3 Å². The summed E-state index contributed by atoms with van der Waals surface area (Å²) in [6, 6.07) is -1.95. The number of carbonyl (C=O) groups excluding carboxylic acids is 1. The Kier molecular flexibility index (Phi) is 3.98. The van der Waals surface area contributed by atoms with Gasteiger partial charge in [0.1, 0.15) is 12.4 Å². The van der Waals surface area contributed by atoms with E-state index < -0.39 is 24.4 Å². The summed E-state index contributed by atoms with van der Waals surface area (Å²) in [6.45, 7) is 1.77. The summed E-state index contributed by atoms with van der Waals surface area (Å²) < 4.78 is 28.2. The number of unbranched alkanes of at least 4 members (excludes halogenated alkanes) is 1. The highest BCUT2D eigenvalue weighted by atomic mass is 19.3. The fraction of sp³-hybridized carbons (Fsp3) is 0.600. The molecule has 16 heavy (non-hydrogen) atoms. The largest absolute Gasteiger partial charge is 0.545 e. The van der Waals surface area contributed by atoms with Gasteiger partial charge in [-0.15, -0.1) is 0 Å². The van der Waals surface area contributed by atoms with Crippen LogP contribution in [0.1, 0.15) is 32.2 Å². The average molecular weight is 232 g/mol. The molecule has 0 aliphatic heterocycles. The second-order valence-corrected chi connectivity index (χ2v) is 3.64. The molecule has 1 unspecified atom stereocenters. The number of aromatic amines is 1. The molecule has 1 atom stereocenters. The van der Waals surface area contributed by atoms with E-state index in [1.54, 1.807) is 6.92 Å². The molecule has 1 rings (SSSR count). The van der Waals surface area contributed by atoms with Crippen LogP contribution in [0.4, 0.5) is 8.78 Å². The van der Waals surface area contributed by atoms with Crippen LogP contribution >= 0.6 is 0 Å². The van der Waals surface area contributed by atoms with Crippen LogP contribution in [0.3, 0.4) is 0 Å². The number of aromatic nitrogens is 2. The van der Waals surface area contributed by atoms with E-state index in [-0.39, 0.29) is 6.42 Å². The first-order valence-corrected chi connectivity index (χ1v) is 5.11. The molecule has 4 nitrogen and oxygen atoms in total. The standard InChI is InChI=1S/C10H14F2N2O2/c1-2-3-4-10(11,12)8(9(15)16)14-6-5-13-7-14/h5-8H,2-4H2,1H3,(H,15,16).